The van der Waals surface area contributed by atoms with Crippen LogP contribution in [0.1, 0.15) is 43.5 Å². The first kappa shape index (κ1) is 19.5. The van der Waals surface area contributed by atoms with E-state index in [0.717, 1.165) is 25.0 Å². The third kappa shape index (κ3) is 4.35. The molecule has 142 valence electrons. The molecule has 0 aromatic heterocycles. The lowest BCUT2D eigenvalue weighted by atomic mass is 10.0. The fraction of sp³-hybridized carbons (Fsp3) is 0.579. The van der Waals surface area contributed by atoms with E-state index in [1.54, 1.807) is 24.3 Å². The second kappa shape index (κ2) is 8.19. The van der Waals surface area contributed by atoms with Crippen molar-refractivity contribution in [1.82, 2.24) is 15.5 Å². The number of hydrogen-bond acceptors (Lipinski definition) is 4. The number of piperidine rings is 1. The zero-order valence-corrected chi connectivity index (χ0v) is 16.8. The van der Waals surface area contributed by atoms with Crippen molar-refractivity contribution in [3.05, 3.63) is 34.9 Å². The topological polar surface area (TPSA) is 61.4 Å². The highest BCUT2D eigenvalue weighted by molar-refractivity contribution is 8.01. The van der Waals surface area contributed by atoms with Gasteiger partial charge in [0.15, 0.2) is 0 Å². The van der Waals surface area contributed by atoms with Gasteiger partial charge in [0.2, 0.25) is 5.91 Å². The molecule has 3 rings (SSSR count). The number of hydrogen-bond donors (Lipinski definition) is 2. The van der Waals surface area contributed by atoms with Crippen molar-refractivity contribution in [3.8, 4) is 0 Å². The van der Waals surface area contributed by atoms with E-state index in [1.165, 1.54) is 0 Å². The van der Waals surface area contributed by atoms with E-state index in [2.05, 4.69) is 17.6 Å². The number of halogens is 1. The number of likely N-dealkylation sites (tertiary alicyclic amines) is 1. The molecule has 0 bridgehead atoms. The summed E-state index contributed by atoms with van der Waals surface area (Å²) in [5.41, 5.74) is 0.631. The van der Waals surface area contributed by atoms with Crippen LogP contribution in [0.15, 0.2) is 24.3 Å². The molecular weight excluding hydrogens is 370 g/mol. The molecule has 0 radical (unpaired) electrons. The number of thioether (sulfide) groups is 1. The van der Waals surface area contributed by atoms with Crippen molar-refractivity contribution in [2.75, 3.05) is 18.8 Å². The third-order valence-corrected chi connectivity index (χ3v) is 7.02. The maximum atomic E-state index is 12.7. The van der Waals surface area contributed by atoms with E-state index in [0.29, 0.717) is 23.7 Å². The van der Waals surface area contributed by atoms with E-state index >= 15 is 0 Å². The summed E-state index contributed by atoms with van der Waals surface area (Å²) in [6, 6.07) is 7.14. The molecule has 2 aliphatic rings. The highest BCUT2D eigenvalue weighted by atomic mass is 35.5. The Morgan fingerprint density at radius 2 is 2.15 bits per heavy atom. The molecule has 2 N–H and O–H groups in total. The van der Waals surface area contributed by atoms with Gasteiger partial charge in [-0.25, -0.2) is 0 Å². The van der Waals surface area contributed by atoms with Crippen molar-refractivity contribution in [2.24, 2.45) is 0 Å². The quantitative estimate of drug-likeness (QED) is 0.822. The van der Waals surface area contributed by atoms with Gasteiger partial charge in [0.1, 0.15) is 0 Å². The summed E-state index contributed by atoms with van der Waals surface area (Å²) < 4.78 is 0. The number of nitrogens with zero attached hydrogens (tertiary/aromatic N) is 1. The molecule has 2 heterocycles. The Kier molecular flexibility index (Phi) is 6.15. The van der Waals surface area contributed by atoms with Crippen LogP contribution in [0, 0.1) is 0 Å². The van der Waals surface area contributed by atoms with Gasteiger partial charge in [-0.05, 0) is 44.4 Å². The lowest BCUT2D eigenvalue weighted by Crippen LogP contribution is -2.55. The number of amides is 2. The largest absolute Gasteiger partial charge is 0.352 e. The lowest BCUT2D eigenvalue weighted by molar-refractivity contribution is -0.123. The first-order chi connectivity index (χ1) is 12.4. The van der Waals surface area contributed by atoms with E-state index < -0.39 is 0 Å². The standard InChI is InChI=1S/C19H26ClN3O2S/c1-3-13(2)21-17(24)16-12-26-19(22-16)7-9-23(10-8-19)18(25)14-5-4-6-15(20)11-14/h4-6,11,13,16,22H,3,7-10,12H2,1-2H3,(H,21,24)/t13-,16-/m0/s1. The molecule has 0 saturated carbocycles. The van der Waals surface area contributed by atoms with Crippen molar-refractivity contribution in [2.45, 2.75) is 50.1 Å². The summed E-state index contributed by atoms with van der Waals surface area (Å²) in [4.78, 5) is 26.8. The Balaban J connectivity index is 1.55. The normalized spacial score (nSPS) is 23.0. The second-order valence-electron chi connectivity index (χ2n) is 7.12. The maximum absolute atomic E-state index is 12.7. The van der Waals surface area contributed by atoms with E-state index in [9.17, 15) is 9.59 Å². The SMILES string of the molecule is CC[C@H](C)NC(=O)[C@@H]1CSC2(CCN(C(=O)c3cccc(Cl)c3)CC2)N1. The average Bonchev–Trinajstić information content (AvgIpc) is 3.05. The molecule has 7 heteroatoms. The van der Waals surface area contributed by atoms with Crippen molar-refractivity contribution < 1.29 is 9.59 Å². The summed E-state index contributed by atoms with van der Waals surface area (Å²) in [7, 11) is 0. The molecule has 1 aromatic carbocycles. The number of carbonyl (C=O) groups excluding carboxylic acids is 2. The molecule has 2 aliphatic heterocycles. The number of carbonyl (C=O) groups is 2. The van der Waals surface area contributed by atoms with E-state index in [4.69, 9.17) is 11.6 Å². The first-order valence-electron chi connectivity index (χ1n) is 9.19. The molecular formula is C19H26ClN3O2S. The van der Waals surface area contributed by atoms with Crippen LogP contribution in [0.5, 0.6) is 0 Å². The Bertz CT molecular complexity index is 677. The monoisotopic (exact) mass is 395 g/mol. The molecule has 0 aliphatic carbocycles. The average molecular weight is 396 g/mol. The van der Waals surface area contributed by atoms with Crippen LogP contribution in [-0.4, -0.2) is 52.5 Å². The molecule has 2 saturated heterocycles. The highest BCUT2D eigenvalue weighted by Crippen LogP contribution is 2.39. The van der Waals surface area contributed by atoms with Crippen LogP contribution < -0.4 is 10.6 Å². The number of rotatable bonds is 4. The van der Waals surface area contributed by atoms with Crippen LogP contribution in [-0.2, 0) is 4.79 Å². The van der Waals surface area contributed by atoms with Gasteiger partial charge in [0.05, 0.1) is 10.9 Å². The van der Waals surface area contributed by atoms with Crippen molar-refractivity contribution >= 4 is 35.2 Å². The van der Waals surface area contributed by atoms with Gasteiger partial charge >= 0.3 is 0 Å². The molecule has 0 unspecified atom stereocenters. The molecule has 1 aromatic rings. The fourth-order valence-electron chi connectivity index (χ4n) is 3.39. The summed E-state index contributed by atoms with van der Waals surface area (Å²) in [6.07, 6.45) is 2.62. The van der Waals surface area contributed by atoms with Crippen LogP contribution >= 0.6 is 23.4 Å². The molecule has 2 amide bonds. The van der Waals surface area contributed by atoms with Crippen LogP contribution in [0.3, 0.4) is 0 Å². The van der Waals surface area contributed by atoms with E-state index in [1.807, 2.05) is 23.6 Å². The zero-order chi connectivity index (χ0) is 18.7. The molecule has 2 atom stereocenters. The molecule has 26 heavy (non-hydrogen) atoms. The fourth-order valence-corrected chi connectivity index (χ4v) is 5.00. The zero-order valence-electron chi connectivity index (χ0n) is 15.3. The minimum atomic E-state index is -0.149. The van der Waals surface area contributed by atoms with E-state index in [-0.39, 0.29) is 28.8 Å². The van der Waals surface area contributed by atoms with Crippen LogP contribution in [0.4, 0.5) is 0 Å². The maximum Gasteiger partial charge on any atom is 0.253 e. The predicted molar refractivity (Wildman–Crippen MR) is 107 cm³/mol. The lowest BCUT2D eigenvalue weighted by Gasteiger charge is -2.39. The summed E-state index contributed by atoms with van der Waals surface area (Å²) in [5.74, 6) is 0.891. The summed E-state index contributed by atoms with van der Waals surface area (Å²) in [6.45, 7) is 5.46. The van der Waals surface area contributed by atoms with Gasteiger partial charge in [-0.3, -0.25) is 14.9 Å². The summed E-state index contributed by atoms with van der Waals surface area (Å²) in [5, 5.41) is 7.17. The third-order valence-electron chi connectivity index (χ3n) is 5.21. The van der Waals surface area contributed by atoms with Crippen molar-refractivity contribution in [1.29, 1.82) is 0 Å². The van der Waals surface area contributed by atoms with Gasteiger partial charge in [-0.2, -0.15) is 0 Å². The smallest absolute Gasteiger partial charge is 0.253 e. The van der Waals surface area contributed by atoms with Gasteiger partial charge in [0.25, 0.3) is 5.91 Å². The molecule has 2 fully saturated rings. The Labute approximate surface area is 164 Å². The highest BCUT2D eigenvalue weighted by Gasteiger charge is 2.44. The Hall–Kier alpha value is -1.24. The van der Waals surface area contributed by atoms with Gasteiger partial charge in [0, 0.05) is 35.5 Å². The first-order valence-corrected chi connectivity index (χ1v) is 10.6. The van der Waals surface area contributed by atoms with Crippen molar-refractivity contribution in [3.63, 3.8) is 0 Å². The Morgan fingerprint density at radius 3 is 2.81 bits per heavy atom. The predicted octanol–water partition coefficient (Wildman–Crippen LogP) is 2.89. The minimum Gasteiger partial charge on any atom is -0.352 e. The van der Waals surface area contributed by atoms with Gasteiger partial charge in [-0.15, -0.1) is 11.8 Å². The van der Waals surface area contributed by atoms with Crippen LogP contribution in [0.25, 0.3) is 0 Å². The van der Waals surface area contributed by atoms with Gasteiger partial charge in [-0.1, -0.05) is 24.6 Å². The minimum absolute atomic E-state index is 0.0245. The number of benzene rings is 1. The molecule has 5 nitrogen and oxygen atoms in total. The second-order valence-corrected chi connectivity index (χ2v) is 8.96. The Morgan fingerprint density at radius 1 is 1.42 bits per heavy atom. The van der Waals surface area contributed by atoms with Crippen LogP contribution in [0.2, 0.25) is 5.02 Å². The molecule has 1 spiro atoms. The van der Waals surface area contributed by atoms with Gasteiger partial charge < -0.3 is 10.2 Å². The number of nitrogens with one attached hydrogen (secondary N) is 2. The summed E-state index contributed by atoms with van der Waals surface area (Å²) >= 11 is 7.81.